The van der Waals surface area contributed by atoms with Crippen molar-refractivity contribution in [3.63, 3.8) is 0 Å². The minimum absolute atomic E-state index is 0.310. The van der Waals surface area contributed by atoms with Gasteiger partial charge in [0.25, 0.3) is 0 Å². The van der Waals surface area contributed by atoms with Gasteiger partial charge in [-0.2, -0.15) is 0 Å². The van der Waals surface area contributed by atoms with Crippen molar-refractivity contribution in [1.82, 2.24) is 5.32 Å². The molecule has 1 heterocycles. The number of benzene rings is 3. The summed E-state index contributed by atoms with van der Waals surface area (Å²) in [6.07, 6.45) is 2.06. The van der Waals surface area contributed by atoms with Crippen molar-refractivity contribution >= 4 is 0 Å². The Morgan fingerprint density at radius 1 is 0.892 bits per heavy atom. The van der Waals surface area contributed by atoms with E-state index in [1.807, 2.05) is 0 Å². The van der Waals surface area contributed by atoms with Crippen LogP contribution in [0.2, 0.25) is 0 Å². The van der Waals surface area contributed by atoms with Crippen LogP contribution in [-0.4, -0.2) is 40.5 Å². The van der Waals surface area contributed by atoms with E-state index in [2.05, 4.69) is 24.4 Å². The van der Waals surface area contributed by atoms with Gasteiger partial charge < -0.3 is 24.3 Å². The zero-order valence-electron chi connectivity index (χ0n) is 21.7. The van der Waals surface area contributed by atoms with Crippen molar-refractivity contribution in [2.24, 2.45) is 0 Å². The van der Waals surface area contributed by atoms with Crippen molar-refractivity contribution in [1.29, 1.82) is 0 Å². The van der Waals surface area contributed by atoms with Gasteiger partial charge in [0.15, 0.2) is 11.5 Å². The number of hydrogen-bond donors (Lipinski definition) is 1. The van der Waals surface area contributed by atoms with E-state index in [-0.39, 0.29) is 11.6 Å². The molecule has 0 fully saturated rings. The van der Waals surface area contributed by atoms with Crippen LogP contribution >= 0.6 is 0 Å². The molecule has 7 heteroatoms. The highest BCUT2D eigenvalue weighted by Crippen LogP contribution is 2.43. The predicted octanol–water partition coefficient (Wildman–Crippen LogP) is 5.95. The van der Waals surface area contributed by atoms with Gasteiger partial charge in [-0.25, -0.2) is 8.78 Å². The van der Waals surface area contributed by atoms with Gasteiger partial charge in [-0.15, -0.1) is 0 Å². The fraction of sp³-hybridized carbons (Fsp3) is 0.400. The monoisotopic (exact) mass is 511 g/mol. The molecular weight excluding hydrogens is 476 g/mol. The van der Waals surface area contributed by atoms with Gasteiger partial charge in [0.1, 0.15) is 17.7 Å². The molecule has 0 saturated carbocycles. The maximum absolute atomic E-state index is 13.5. The summed E-state index contributed by atoms with van der Waals surface area (Å²) in [6.45, 7) is 4.60. The van der Waals surface area contributed by atoms with E-state index in [4.69, 9.17) is 18.9 Å². The van der Waals surface area contributed by atoms with Crippen molar-refractivity contribution in [2.75, 3.05) is 40.5 Å². The molecule has 0 amide bonds. The van der Waals surface area contributed by atoms with Crippen LogP contribution in [-0.2, 0) is 21.5 Å². The summed E-state index contributed by atoms with van der Waals surface area (Å²) >= 11 is 0. The summed E-state index contributed by atoms with van der Waals surface area (Å²) in [4.78, 5) is 0. The van der Waals surface area contributed by atoms with Crippen molar-refractivity contribution < 1.29 is 27.7 Å². The van der Waals surface area contributed by atoms with E-state index >= 15 is 0 Å². The predicted molar refractivity (Wildman–Crippen MR) is 139 cm³/mol. The first-order chi connectivity index (χ1) is 18.0. The summed E-state index contributed by atoms with van der Waals surface area (Å²) in [5.41, 5.74) is 3.62. The molecule has 0 saturated heterocycles. The van der Waals surface area contributed by atoms with Crippen molar-refractivity contribution in [3.05, 3.63) is 94.6 Å². The van der Waals surface area contributed by atoms with E-state index in [1.54, 1.807) is 38.5 Å². The second-order valence-electron chi connectivity index (χ2n) is 9.16. The lowest BCUT2D eigenvalue weighted by atomic mass is 9.81. The third kappa shape index (κ3) is 6.29. The topological polar surface area (TPSA) is 49.0 Å². The van der Waals surface area contributed by atoms with Gasteiger partial charge in [0.05, 0.1) is 33.0 Å². The molecule has 1 aliphatic rings. The number of methoxy groups -OCH3 is 2. The molecule has 5 nitrogen and oxygen atoms in total. The zero-order valence-corrected chi connectivity index (χ0v) is 21.7. The summed E-state index contributed by atoms with van der Waals surface area (Å²) in [5, 5.41) is 3.47. The number of hydrogen-bond acceptors (Lipinski definition) is 5. The third-order valence-corrected chi connectivity index (χ3v) is 7.04. The van der Waals surface area contributed by atoms with Crippen LogP contribution in [0.1, 0.15) is 48.1 Å². The van der Waals surface area contributed by atoms with Crippen LogP contribution in [0.25, 0.3) is 0 Å². The Bertz CT molecular complexity index is 1110. The van der Waals surface area contributed by atoms with E-state index in [9.17, 15) is 8.78 Å². The first-order valence-corrected chi connectivity index (χ1v) is 12.7. The van der Waals surface area contributed by atoms with Crippen molar-refractivity contribution in [3.8, 4) is 11.5 Å². The zero-order chi connectivity index (χ0) is 26.3. The van der Waals surface area contributed by atoms with Gasteiger partial charge in [0.2, 0.25) is 0 Å². The number of nitrogens with one attached hydrogen (secondary N) is 1. The van der Waals surface area contributed by atoms with Gasteiger partial charge in [-0.05, 0) is 84.5 Å². The molecule has 198 valence electrons. The standard InChI is InChI=1S/C30H35F2NO4/c1-4-30(26-20-28(35-3)27(34-2)19-23(26)13-17-37-30)14-15-33-16-18-36-29(21-5-9-24(31)10-6-21)22-7-11-25(32)12-8-22/h5-12,19-20,29,33H,4,13-18H2,1-3H3. The number of rotatable bonds is 12. The first kappa shape index (κ1) is 27.0. The highest BCUT2D eigenvalue weighted by molar-refractivity contribution is 5.50. The SMILES string of the molecule is CCC1(CCNCCOC(c2ccc(F)cc2)c2ccc(F)cc2)OCCc2cc(OC)c(OC)cc21. The Morgan fingerprint density at radius 3 is 2.05 bits per heavy atom. The second kappa shape index (κ2) is 12.5. The maximum atomic E-state index is 13.5. The Morgan fingerprint density at radius 2 is 1.49 bits per heavy atom. The molecule has 1 N–H and O–H groups in total. The minimum atomic E-state index is -0.416. The van der Waals surface area contributed by atoms with Gasteiger partial charge in [0, 0.05) is 6.54 Å². The highest BCUT2D eigenvalue weighted by atomic mass is 19.1. The van der Waals surface area contributed by atoms with E-state index < -0.39 is 11.7 Å². The molecule has 0 spiro atoms. The molecule has 3 aromatic carbocycles. The fourth-order valence-corrected chi connectivity index (χ4v) is 4.99. The Labute approximate surface area is 217 Å². The Balaban J connectivity index is 1.37. The quantitative estimate of drug-likeness (QED) is 0.305. The van der Waals surface area contributed by atoms with Gasteiger partial charge in [-0.3, -0.25) is 0 Å². The third-order valence-electron chi connectivity index (χ3n) is 7.04. The smallest absolute Gasteiger partial charge is 0.161 e. The molecule has 0 aliphatic carbocycles. The lowest BCUT2D eigenvalue weighted by Crippen LogP contribution is -2.38. The molecule has 37 heavy (non-hydrogen) atoms. The molecule has 0 radical (unpaired) electrons. The summed E-state index contributed by atoms with van der Waals surface area (Å²) in [5.74, 6) is 0.824. The van der Waals surface area contributed by atoms with Crippen molar-refractivity contribution in [2.45, 2.75) is 37.9 Å². The van der Waals surface area contributed by atoms with Crippen LogP contribution in [0.4, 0.5) is 8.78 Å². The highest BCUT2D eigenvalue weighted by Gasteiger charge is 2.37. The summed E-state index contributed by atoms with van der Waals surface area (Å²) < 4.78 is 50.5. The van der Waals surface area contributed by atoms with Crippen LogP contribution in [0.5, 0.6) is 11.5 Å². The van der Waals surface area contributed by atoms with E-state index in [1.165, 1.54) is 29.8 Å². The van der Waals surface area contributed by atoms with Crippen LogP contribution in [0, 0.1) is 11.6 Å². The van der Waals surface area contributed by atoms with Gasteiger partial charge in [-0.1, -0.05) is 31.2 Å². The maximum Gasteiger partial charge on any atom is 0.161 e. The van der Waals surface area contributed by atoms with Crippen LogP contribution in [0.3, 0.4) is 0 Å². The Hall–Kier alpha value is -3.00. The van der Waals surface area contributed by atoms with Crippen LogP contribution in [0.15, 0.2) is 60.7 Å². The molecule has 4 rings (SSSR count). The average Bonchev–Trinajstić information content (AvgIpc) is 2.93. The fourth-order valence-electron chi connectivity index (χ4n) is 4.99. The van der Waals surface area contributed by atoms with E-state index in [0.717, 1.165) is 48.2 Å². The van der Waals surface area contributed by atoms with Crippen LogP contribution < -0.4 is 14.8 Å². The van der Waals surface area contributed by atoms with Gasteiger partial charge >= 0.3 is 0 Å². The molecule has 1 unspecified atom stereocenters. The van der Waals surface area contributed by atoms with E-state index in [0.29, 0.717) is 25.5 Å². The second-order valence-corrected chi connectivity index (χ2v) is 9.16. The number of ether oxygens (including phenoxy) is 4. The summed E-state index contributed by atoms with van der Waals surface area (Å²) in [7, 11) is 3.30. The minimum Gasteiger partial charge on any atom is -0.493 e. The average molecular weight is 512 g/mol. The molecule has 1 aliphatic heterocycles. The number of halogens is 2. The molecular formula is C30H35F2NO4. The summed E-state index contributed by atoms with van der Waals surface area (Å²) in [6, 6.07) is 16.5. The largest absolute Gasteiger partial charge is 0.493 e. The Kier molecular flexibility index (Phi) is 9.14. The number of fused-ring (bicyclic) bond motifs is 1. The molecule has 3 aromatic rings. The lowest BCUT2D eigenvalue weighted by molar-refractivity contribution is -0.0693. The molecule has 0 bridgehead atoms. The first-order valence-electron chi connectivity index (χ1n) is 12.7. The lowest BCUT2D eigenvalue weighted by Gasteiger charge is -2.39. The normalized spacial score (nSPS) is 17.0. The molecule has 1 atom stereocenters. The molecule has 0 aromatic heterocycles.